The van der Waals surface area contributed by atoms with E-state index in [1.165, 1.54) is 12.1 Å². The van der Waals surface area contributed by atoms with Crippen LogP contribution in [0.1, 0.15) is 15.9 Å². The Morgan fingerprint density at radius 1 is 1.53 bits per heavy atom. The summed E-state index contributed by atoms with van der Waals surface area (Å²) in [5, 5.41) is 9.00. The van der Waals surface area contributed by atoms with Gasteiger partial charge in [0.05, 0.1) is 11.8 Å². The normalized spacial score (nSPS) is 10.2. The van der Waals surface area contributed by atoms with Gasteiger partial charge in [-0.1, -0.05) is 0 Å². The predicted octanol–water partition coefficient (Wildman–Crippen LogP) is 1.06. The van der Waals surface area contributed by atoms with Crippen molar-refractivity contribution in [2.45, 2.75) is 6.54 Å². The number of nitrogen functional groups attached to an aromatic ring is 1. The second kappa shape index (κ2) is 4.65. The number of benzene rings is 1. The van der Waals surface area contributed by atoms with Gasteiger partial charge in [0, 0.05) is 24.0 Å². The molecule has 0 radical (unpaired) electrons. The molecule has 6 heteroatoms. The first-order chi connectivity index (χ1) is 8.16. The van der Waals surface area contributed by atoms with Crippen LogP contribution in [0.25, 0.3) is 0 Å². The Hall–Kier alpha value is -2.37. The molecule has 0 aliphatic rings. The number of anilines is 1. The lowest BCUT2D eigenvalue weighted by Gasteiger charge is -2.06. The quantitative estimate of drug-likeness (QED) is 0.694. The molecule has 0 bridgehead atoms. The molecule has 4 N–H and O–H groups in total. The molecule has 5 nitrogen and oxygen atoms in total. The molecule has 1 amide bonds. The number of hydrogen-bond donors (Lipinski definition) is 3. The van der Waals surface area contributed by atoms with Crippen molar-refractivity contribution >= 4 is 11.6 Å². The summed E-state index contributed by atoms with van der Waals surface area (Å²) < 4.78 is 13.0. The molecule has 0 aliphatic carbocycles. The largest absolute Gasteiger partial charge is 0.398 e. The average molecular weight is 234 g/mol. The summed E-state index contributed by atoms with van der Waals surface area (Å²) in [6.07, 6.45) is 3.25. The number of carbonyl (C=O) groups is 1. The number of rotatable bonds is 3. The summed E-state index contributed by atoms with van der Waals surface area (Å²) in [4.78, 5) is 11.7. The highest BCUT2D eigenvalue weighted by Crippen LogP contribution is 2.13. The maximum absolute atomic E-state index is 13.0. The van der Waals surface area contributed by atoms with Crippen molar-refractivity contribution in [3.05, 3.63) is 47.5 Å². The van der Waals surface area contributed by atoms with Crippen LogP contribution < -0.4 is 11.1 Å². The summed E-state index contributed by atoms with van der Waals surface area (Å²) in [5.74, 6) is -0.907. The fraction of sp³-hybridized carbons (Fsp3) is 0.0909. The van der Waals surface area contributed by atoms with Gasteiger partial charge in [0.15, 0.2) is 0 Å². The molecule has 1 aromatic carbocycles. The number of carbonyl (C=O) groups excluding carboxylic acids is 1. The molecule has 0 saturated carbocycles. The second-order valence-electron chi connectivity index (χ2n) is 3.52. The molecule has 1 heterocycles. The van der Waals surface area contributed by atoms with Gasteiger partial charge in [-0.3, -0.25) is 9.89 Å². The Morgan fingerprint density at radius 3 is 3.06 bits per heavy atom. The number of aromatic nitrogens is 2. The number of amides is 1. The van der Waals surface area contributed by atoms with E-state index < -0.39 is 11.7 Å². The fourth-order valence-electron chi connectivity index (χ4n) is 1.38. The zero-order chi connectivity index (χ0) is 12.3. The van der Waals surface area contributed by atoms with Crippen LogP contribution in [0.3, 0.4) is 0 Å². The maximum atomic E-state index is 13.0. The smallest absolute Gasteiger partial charge is 0.253 e. The number of nitrogens with two attached hydrogens (primary N) is 1. The lowest BCUT2D eigenvalue weighted by molar-refractivity contribution is 0.0951. The van der Waals surface area contributed by atoms with Crippen molar-refractivity contribution in [1.29, 1.82) is 0 Å². The molecule has 2 rings (SSSR count). The van der Waals surface area contributed by atoms with Crippen molar-refractivity contribution < 1.29 is 9.18 Å². The average Bonchev–Trinajstić information content (AvgIpc) is 2.82. The molecular formula is C11H11FN4O. The summed E-state index contributed by atoms with van der Waals surface area (Å²) >= 11 is 0. The van der Waals surface area contributed by atoms with Crippen molar-refractivity contribution in [1.82, 2.24) is 15.5 Å². The predicted molar refractivity (Wildman–Crippen MR) is 60.6 cm³/mol. The van der Waals surface area contributed by atoms with E-state index in [2.05, 4.69) is 15.5 Å². The Balaban J connectivity index is 2.07. The van der Waals surface area contributed by atoms with Crippen LogP contribution in [0.4, 0.5) is 10.1 Å². The lowest BCUT2D eigenvalue weighted by Crippen LogP contribution is -2.23. The van der Waals surface area contributed by atoms with Crippen LogP contribution >= 0.6 is 0 Å². The summed E-state index contributed by atoms with van der Waals surface area (Å²) in [7, 11) is 0. The molecule has 0 aliphatic heterocycles. The Bertz CT molecular complexity index is 524. The van der Waals surface area contributed by atoms with Crippen molar-refractivity contribution in [2.24, 2.45) is 0 Å². The third kappa shape index (κ3) is 2.60. The van der Waals surface area contributed by atoms with Crippen molar-refractivity contribution in [3.8, 4) is 0 Å². The Labute approximate surface area is 96.8 Å². The summed E-state index contributed by atoms with van der Waals surface area (Å²) in [5.41, 5.74) is 6.80. The first-order valence-corrected chi connectivity index (χ1v) is 4.97. The molecule has 17 heavy (non-hydrogen) atoms. The highest BCUT2D eigenvalue weighted by atomic mass is 19.1. The number of halogens is 1. The van der Waals surface area contributed by atoms with E-state index in [-0.39, 0.29) is 11.3 Å². The van der Waals surface area contributed by atoms with Crippen LogP contribution in [-0.2, 0) is 6.54 Å². The summed E-state index contributed by atoms with van der Waals surface area (Å²) in [6.45, 7) is 0.311. The minimum Gasteiger partial charge on any atom is -0.398 e. The number of H-pyrrole nitrogens is 1. The van der Waals surface area contributed by atoms with Crippen molar-refractivity contribution in [3.63, 3.8) is 0 Å². The maximum Gasteiger partial charge on any atom is 0.253 e. The molecular weight excluding hydrogens is 223 g/mol. The number of nitrogens with zero attached hydrogens (tertiary/aromatic N) is 1. The molecule has 88 valence electrons. The molecule has 0 spiro atoms. The van der Waals surface area contributed by atoms with Gasteiger partial charge in [-0.15, -0.1) is 0 Å². The lowest BCUT2D eigenvalue weighted by atomic mass is 10.1. The topological polar surface area (TPSA) is 83.8 Å². The van der Waals surface area contributed by atoms with Gasteiger partial charge in [-0.2, -0.15) is 5.10 Å². The standard InChI is InChI=1S/C11H11FN4O/c12-8-1-2-10(13)9(3-8)11(17)14-4-7-5-15-16-6-7/h1-3,5-6H,4,13H2,(H,14,17)(H,15,16). The fourth-order valence-corrected chi connectivity index (χ4v) is 1.38. The third-order valence-corrected chi connectivity index (χ3v) is 2.27. The zero-order valence-corrected chi connectivity index (χ0v) is 8.90. The van der Waals surface area contributed by atoms with E-state index in [9.17, 15) is 9.18 Å². The molecule has 0 unspecified atom stereocenters. The van der Waals surface area contributed by atoms with Crippen LogP contribution in [-0.4, -0.2) is 16.1 Å². The van der Waals surface area contributed by atoms with Crippen molar-refractivity contribution in [2.75, 3.05) is 5.73 Å². The van der Waals surface area contributed by atoms with E-state index in [0.717, 1.165) is 11.6 Å². The molecule has 0 atom stereocenters. The van der Waals surface area contributed by atoms with E-state index in [4.69, 9.17) is 5.73 Å². The minimum absolute atomic E-state index is 0.133. The van der Waals surface area contributed by atoms with E-state index in [1.807, 2.05) is 0 Å². The molecule has 0 fully saturated rings. The zero-order valence-electron chi connectivity index (χ0n) is 8.90. The second-order valence-corrected chi connectivity index (χ2v) is 3.52. The molecule has 1 aromatic heterocycles. The van der Waals surface area contributed by atoms with Gasteiger partial charge in [0.1, 0.15) is 5.82 Å². The van der Waals surface area contributed by atoms with E-state index >= 15 is 0 Å². The third-order valence-electron chi connectivity index (χ3n) is 2.27. The van der Waals surface area contributed by atoms with Gasteiger partial charge < -0.3 is 11.1 Å². The Kier molecular flexibility index (Phi) is 3.04. The van der Waals surface area contributed by atoms with Crippen LogP contribution in [0, 0.1) is 5.82 Å². The monoisotopic (exact) mass is 234 g/mol. The number of aromatic amines is 1. The molecule has 0 saturated heterocycles. The number of hydrogen-bond acceptors (Lipinski definition) is 3. The summed E-state index contributed by atoms with van der Waals surface area (Å²) in [6, 6.07) is 3.68. The Morgan fingerprint density at radius 2 is 2.35 bits per heavy atom. The SMILES string of the molecule is Nc1ccc(F)cc1C(=O)NCc1cn[nH]c1. The van der Waals surface area contributed by atoms with Crippen LogP contribution in [0.15, 0.2) is 30.6 Å². The van der Waals surface area contributed by atoms with E-state index in [0.29, 0.717) is 6.54 Å². The van der Waals surface area contributed by atoms with Crippen LogP contribution in [0.5, 0.6) is 0 Å². The number of nitrogens with one attached hydrogen (secondary N) is 2. The van der Waals surface area contributed by atoms with Gasteiger partial charge in [0.2, 0.25) is 0 Å². The van der Waals surface area contributed by atoms with Gasteiger partial charge in [-0.25, -0.2) is 4.39 Å². The van der Waals surface area contributed by atoms with Crippen LogP contribution in [0.2, 0.25) is 0 Å². The van der Waals surface area contributed by atoms with E-state index in [1.54, 1.807) is 12.4 Å². The van der Waals surface area contributed by atoms with Gasteiger partial charge >= 0.3 is 0 Å². The minimum atomic E-state index is -0.493. The van der Waals surface area contributed by atoms with Gasteiger partial charge in [0.25, 0.3) is 5.91 Å². The first-order valence-electron chi connectivity index (χ1n) is 4.97. The molecule has 2 aromatic rings. The highest BCUT2D eigenvalue weighted by molar-refractivity contribution is 5.99. The highest BCUT2D eigenvalue weighted by Gasteiger charge is 2.10. The first kappa shape index (κ1) is 11.1. The van der Waals surface area contributed by atoms with Gasteiger partial charge in [-0.05, 0) is 18.2 Å².